The van der Waals surface area contributed by atoms with Crippen molar-refractivity contribution in [1.82, 2.24) is 52.1 Å². The zero-order chi connectivity index (χ0) is 53.3. The maximum atomic E-state index is 14.1. The van der Waals surface area contributed by atoms with E-state index in [0.29, 0.717) is 36.9 Å². The van der Waals surface area contributed by atoms with E-state index in [2.05, 4.69) is 47.2 Å². The minimum atomic E-state index is -1.65. The van der Waals surface area contributed by atoms with Gasteiger partial charge in [-0.25, -0.2) is 9.78 Å². The number of nitrogens with one attached hydrogen (secondary N) is 8. The van der Waals surface area contributed by atoms with Crippen molar-refractivity contribution >= 4 is 53.2 Å². The Kier molecular flexibility index (Phi) is 22.9. The lowest BCUT2D eigenvalue weighted by molar-refractivity contribution is -0.144. The van der Waals surface area contributed by atoms with E-state index in [4.69, 9.17) is 5.73 Å². The first kappa shape index (κ1) is 58.7. The lowest BCUT2D eigenvalue weighted by atomic mass is 9.95. The summed E-state index contributed by atoms with van der Waals surface area (Å²) in [5.74, 6) is -8.59. The molecule has 0 bridgehead atoms. The Morgan fingerprint density at radius 3 is 1.68 bits per heavy atom. The fourth-order valence-corrected chi connectivity index (χ4v) is 7.88. The molecule has 71 heavy (non-hydrogen) atoms. The topological polar surface area (TPSA) is 356 Å². The number of amides is 8. The van der Waals surface area contributed by atoms with E-state index in [1.165, 1.54) is 50.3 Å². The number of aliphatic hydroxyl groups excluding tert-OH is 1. The van der Waals surface area contributed by atoms with E-state index < -0.39 is 131 Å². The maximum Gasteiger partial charge on any atom is 0.326 e. The number of aromatic nitrogens is 2. The number of carboxylic acid groups (broad SMARTS) is 1. The fourth-order valence-electron chi connectivity index (χ4n) is 7.88. The molecule has 2 aromatic rings. The summed E-state index contributed by atoms with van der Waals surface area (Å²) in [6, 6.07) is -5.09. The number of phenols is 1. The van der Waals surface area contributed by atoms with Crippen LogP contribution in [0.2, 0.25) is 0 Å². The molecule has 23 nitrogen and oxygen atoms in total. The van der Waals surface area contributed by atoms with Crippen molar-refractivity contribution in [3.63, 3.8) is 0 Å². The Bertz CT molecular complexity index is 2140. The van der Waals surface area contributed by atoms with E-state index in [9.17, 15) is 58.5 Å². The zero-order valence-corrected chi connectivity index (χ0v) is 42.1. The molecule has 2 heterocycles. The van der Waals surface area contributed by atoms with Crippen molar-refractivity contribution in [2.75, 3.05) is 6.54 Å². The van der Waals surface area contributed by atoms with Crippen molar-refractivity contribution in [2.24, 2.45) is 23.5 Å². The number of carbonyl (C=O) groups is 9. The Hall–Kier alpha value is -6.62. The van der Waals surface area contributed by atoms with Gasteiger partial charge in [-0.15, -0.1) is 0 Å². The van der Waals surface area contributed by atoms with E-state index in [0.717, 1.165) is 0 Å². The Labute approximate surface area is 414 Å². The Morgan fingerprint density at radius 1 is 0.676 bits per heavy atom. The highest BCUT2D eigenvalue weighted by atomic mass is 16.4. The highest BCUT2D eigenvalue weighted by molar-refractivity contribution is 5.98. The molecule has 23 heteroatoms. The number of likely N-dealkylation sites (tertiary alicyclic amines) is 1. The molecule has 1 aromatic carbocycles. The number of carbonyl (C=O) groups excluding carboxylic acids is 8. The van der Waals surface area contributed by atoms with E-state index in [1.807, 2.05) is 6.92 Å². The van der Waals surface area contributed by atoms with Crippen LogP contribution in [0.5, 0.6) is 5.75 Å². The number of nitrogens with zero attached hydrogens (tertiary/aromatic N) is 2. The predicted molar refractivity (Wildman–Crippen MR) is 259 cm³/mol. The van der Waals surface area contributed by atoms with Crippen LogP contribution in [0.3, 0.4) is 0 Å². The highest BCUT2D eigenvalue weighted by Crippen LogP contribution is 2.20. The molecule has 1 aromatic heterocycles. The molecule has 394 valence electrons. The summed E-state index contributed by atoms with van der Waals surface area (Å²) in [4.78, 5) is 130. The molecule has 0 unspecified atom stereocenters. The summed E-state index contributed by atoms with van der Waals surface area (Å²) in [5, 5.41) is 48.6. The van der Waals surface area contributed by atoms with Crippen molar-refractivity contribution in [2.45, 2.75) is 168 Å². The average molecular weight is 998 g/mol. The normalized spacial score (nSPS) is 18.5. The van der Waals surface area contributed by atoms with E-state index >= 15 is 0 Å². The number of aliphatic carboxylic acids is 1. The van der Waals surface area contributed by atoms with Gasteiger partial charge in [0.25, 0.3) is 0 Å². The smallest absolute Gasteiger partial charge is 0.326 e. The molecule has 1 saturated heterocycles. The average Bonchev–Trinajstić information content (AvgIpc) is 4.05. The van der Waals surface area contributed by atoms with Gasteiger partial charge in [0, 0.05) is 31.3 Å². The standard InChI is InChI=1S/C48H75N11O12/c1-10-24(4)36(55-41(63)33(53-40(62)27(7)49)20-30-15-17-32(61)18-16-30)44(66)52-28(8)47(69)59-19-13-14-35(59)43(65)54-34(21-31-22-50-23-51-31)42(64)58-39(29(9)60)46(68)56-37(25(5)11-2)45(67)57-38(48(70)71)26(6)12-3/h15-18,22-29,33-39,60-61H,10-14,19-21,49H2,1-9H3,(H,50,51)(H,52,66)(H,53,62)(H,54,65)(H,55,63)(H,56,68)(H,57,67)(H,58,64)(H,70,71)/t24-,25-,26-,27-,28-,29+,33-,34-,35-,36-,37-,38-,39-/m0/s1. The van der Waals surface area contributed by atoms with Crippen molar-refractivity contribution in [3.8, 4) is 5.75 Å². The molecule has 1 aliphatic heterocycles. The number of aliphatic hydroxyl groups is 1. The number of hydrogen-bond acceptors (Lipinski definition) is 13. The molecule has 0 spiro atoms. The molecule has 3 rings (SSSR count). The molecule has 0 radical (unpaired) electrons. The number of aromatic hydroxyl groups is 1. The van der Waals surface area contributed by atoms with Crippen LogP contribution < -0.4 is 43.0 Å². The molecule has 0 aliphatic carbocycles. The fraction of sp³-hybridized carbons (Fsp3) is 0.625. The summed E-state index contributed by atoms with van der Waals surface area (Å²) >= 11 is 0. The molecule has 1 aliphatic rings. The summed E-state index contributed by atoms with van der Waals surface area (Å²) in [6.45, 7) is 14.7. The highest BCUT2D eigenvalue weighted by Gasteiger charge is 2.41. The molecule has 0 saturated carbocycles. The largest absolute Gasteiger partial charge is 0.508 e. The summed E-state index contributed by atoms with van der Waals surface area (Å²) in [6.07, 6.45) is 2.95. The molecular formula is C48H75N11O12. The van der Waals surface area contributed by atoms with Gasteiger partial charge in [-0.2, -0.15) is 0 Å². The monoisotopic (exact) mass is 998 g/mol. The first-order valence-electron chi connectivity index (χ1n) is 24.3. The van der Waals surface area contributed by atoms with Gasteiger partial charge in [0.05, 0.1) is 18.5 Å². The van der Waals surface area contributed by atoms with Crippen LogP contribution >= 0.6 is 0 Å². The first-order valence-corrected chi connectivity index (χ1v) is 24.3. The first-order chi connectivity index (χ1) is 33.4. The van der Waals surface area contributed by atoms with Gasteiger partial charge < -0.3 is 68.2 Å². The second kappa shape index (κ2) is 27.7. The van der Waals surface area contributed by atoms with Crippen LogP contribution in [-0.2, 0) is 56.0 Å². The third-order valence-corrected chi connectivity index (χ3v) is 13.0. The minimum Gasteiger partial charge on any atom is -0.508 e. The lowest BCUT2D eigenvalue weighted by Crippen LogP contribution is -2.62. The number of aromatic amines is 1. The molecule has 8 amide bonds. The molecular weight excluding hydrogens is 923 g/mol. The van der Waals surface area contributed by atoms with Gasteiger partial charge in [-0.3, -0.25) is 38.4 Å². The third kappa shape index (κ3) is 17.0. The summed E-state index contributed by atoms with van der Waals surface area (Å²) in [7, 11) is 0. The van der Waals surface area contributed by atoms with Crippen LogP contribution in [0, 0.1) is 17.8 Å². The van der Waals surface area contributed by atoms with Crippen LogP contribution in [0.25, 0.3) is 0 Å². The third-order valence-electron chi connectivity index (χ3n) is 13.0. The van der Waals surface area contributed by atoms with Crippen molar-refractivity contribution in [3.05, 3.63) is 48.0 Å². The number of benzene rings is 1. The van der Waals surface area contributed by atoms with Crippen LogP contribution in [-0.4, -0.2) is 150 Å². The quantitative estimate of drug-likeness (QED) is 0.0525. The second-order valence-corrected chi connectivity index (χ2v) is 18.7. The number of rotatable bonds is 27. The number of imidazole rings is 1. The molecule has 13 atom stereocenters. The van der Waals surface area contributed by atoms with Crippen LogP contribution in [0.4, 0.5) is 0 Å². The Balaban J connectivity index is 1.79. The van der Waals surface area contributed by atoms with Gasteiger partial charge in [0.2, 0.25) is 47.3 Å². The number of nitrogens with two attached hydrogens (primary N) is 1. The van der Waals surface area contributed by atoms with Crippen LogP contribution in [0.15, 0.2) is 36.8 Å². The lowest BCUT2D eigenvalue weighted by Gasteiger charge is -2.31. The van der Waals surface area contributed by atoms with E-state index in [1.54, 1.807) is 46.8 Å². The molecule has 13 N–H and O–H groups in total. The Morgan fingerprint density at radius 2 is 1.17 bits per heavy atom. The van der Waals surface area contributed by atoms with Gasteiger partial charge in [0.1, 0.15) is 54.1 Å². The van der Waals surface area contributed by atoms with Gasteiger partial charge in [-0.05, 0) is 69.1 Å². The van der Waals surface area contributed by atoms with Crippen molar-refractivity contribution < 1.29 is 58.5 Å². The van der Waals surface area contributed by atoms with E-state index in [-0.39, 0.29) is 31.6 Å². The van der Waals surface area contributed by atoms with Gasteiger partial charge >= 0.3 is 5.97 Å². The SMILES string of the molecule is CC[C@H](C)[C@H](NC(=O)[C@@H](NC(=O)[C@@H](NC(=O)[C@H](Cc1cnc[nH]1)NC(=O)[C@@H]1CCCN1C(=O)[C@H](C)NC(=O)[C@@H](NC(=O)[C@H](Cc1ccc(O)cc1)NC(=O)[C@H](C)N)[C@@H](C)CC)[C@@H](C)O)[C@@H](C)CC)C(=O)O. The molecule has 1 fully saturated rings. The summed E-state index contributed by atoms with van der Waals surface area (Å²) < 4.78 is 0. The number of carboxylic acids is 1. The number of H-pyrrole nitrogens is 1. The van der Waals surface area contributed by atoms with Crippen LogP contribution in [0.1, 0.15) is 106 Å². The maximum absolute atomic E-state index is 14.1. The number of hydrogen-bond donors (Lipinski definition) is 12. The summed E-state index contributed by atoms with van der Waals surface area (Å²) in [5.41, 5.74) is 6.78. The van der Waals surface area contributed by atoms with Crippen molar-refractivity contribution in [1.29, 1.82) is 0 Å². The minimum absolute atomic E-state index is 0.00310. The zero-order valence-electron chi connectivity index (χ0n) is 42.1. The predicted octanol–water partition coefficient (Wildman–Crippen LogP) is -0.744. The van der Waals surface area contributed by atoms with Gasteiger partial charge in [-0.1, -0.05) is 72.9 Å². The second-order valence-electron chi connectivity index (χ2n) is 18.7. The van der Waals surface area contributed by atoms with Gasteiger partial charge in [0.15, 0.2) is 0 Å². The number of phenolic OH excluding ortho intramolecular Hbond substituents is 1.